The molecule has 0 spiro atoms. The van der Waals surface area contributed by atoms with Gasteiger partial charge in [-0.05, 0) is 54.8 Å². The highest BCUT2D eigenvalue weighted by molar-refractivity contribution is 5.90. The van der Waals surface area contributed by atoms with Crippen LogP contribution in [0.1, 0.15) is 40.2 Å². The Morgan fingerprint density at radius 2 is 1.62 bits per heavy atom. The standard InChI is InChI=1S/C23H25F3N2O4/c1-27(32-3)21(29)20-13-8-17(15-4-9-18(10-5-15)23(24,25)26)14-28(20)19-11-6-16(7-12-19)22(30)31-2/h4-7,9-12,17,20H,8,13-14H2,1-3H3/t17?,20-/m0/s1. The van der Waals surface area contributed by atoms with Gasteiger partial charge in [0.25, 0.3) is 5.91 Å². The molecule has 9 heteroatoms. The molecular formula is C23H25F3N2O4. The number of amides is 1. The average Bonchev–Trinajstić information content (AvgIpc) is 2.81. The van der Waals surface area contributed by atoms with Crippen LogP contribution in [0, 0.1) is 0 Å². The van der Waals surface area contributed by atoms with E-state index in [4.69, 9.17) is 9.57 Å². The van der Waals surface area contributed by atoms with Gasteiger partial charge in [0, 0.05) is 25.2 Å². The lowest BCUT2D eigenvalue weighted by Gasteiger charge is -2.41. The summed E-state index contributed by atoms with van der Waals surface area (Å²) in [4.78, 5) is 31.6. The molecule has 6 nitrogen and oxygen atoms in total. The molecule has 0 N–H and O–H groups in total. The van der Waals surface area contributed by atoms with Crippen LogP contribution < -0.4 is 4.90 Å². The van der Waals surface area contributed by atoms with Gasteiger partial charge in [0.2, 0.25) is 0 Å². The van der Waals surface area contributed by atoms with E-state index >= 15 is 0 Å². The average molecular weight is 450 g/mol. The number of halogens is 3. The van der Waals surface area contributed by atoms with Crippen molar-refractivity contribution < 1.29 is 32.3 Å². The van der Waals surface area contributed by atoms with Gasteiger partial charge >= 0.3 is 12.1 Å². The predicted octanol–water partition coefficient (Wildman–Crippen LogP) is 4.26. The maximum atomic E-state index is 12.9. The first-order chi connectivity index (χ1) is 15.2. The van der Waals surface area contributed by atoms with Crippen LogP contribution in [0.25, 0.3) is 0 Å². The zero-order chi connectivity index (χ0) is 23.5. The highest BCUT2D eigenvalue weighted by Gasteiger charge is 2.36. The number of carbonyl (C=O) groups excluding carboxylic acids is 2. The Morgan fingerprint density at radius 3 is 2.16 bits per heavy atom. The molecule has 32 heavy (non-hydrogen) atoms. The fourth-order valence-corrected chi connectivity index (χ4v) is 3.94. The second-order valence-electron chi connectivity index (χ2n) is 7.62. The predicted molar refractivity (Wildman–Crippen MR) is 112 cm³/mol. The minimum atomic E-state index is -4.39. The summed E-state index contributed by atoms with van der Waals surface area (Å²) in [5.41, 5.74) is 1.18. The number of piperidine rings is 1. The van der Waals surface area contributed by atoms with Crippen LogP contribution in [0.15, 0.2) is 48.5 Å². The molecule has 1 aliphatic rings. The fraction of sp³-hybridized carbons (Fsp3) is 0.391. The van der Waals surface area contributed by atoms with E-state index in [-0.39, 0.29) is 11.8 Å². The van der Waals surface area contributed by atoms with Gasteiger partial charge in [0.1, 0.15) is 6.04 Å². The van der Waals surface area contributed by atoms with E-state index in [9.17, 15) is 22.8 Å². The number of nitrogens with zero attached hydrogens (tertiary/aromatic N) is 2. The topological polar surface area (TPSA) is 59.1 Å². The summed E-state index contributed by atoms with van der Waals surface area (Å²) in [6, 6.07) is 11.3. The molecule has 1 unspecified atom stereocenters. The lowest BCUT2D eigenvalue weighted by Crippen LogP contribution is -2.51. The van der Waals surface area contributed by atoms with E-state index in [1.807, 2.05) is 4.90 Å². The third-order valence-corrected chi connectivity index (χ3v) is 5.78. The van der Waals surface area contributed by atoms with Gasteiger partial charge in [-0.2, -0.15) is 13.2 Å². The van der Waals surface area contributed by atoms with Gasteiger partial charge in [0.05, 0.1) is 25.3 Å². The van der Waals surface area contributed by atoms with Crippen molar-refractivity contribution in [2.75, 3.05) is 32.7 Å². The third kappa shape index (κ3) is 5.04. The first kappa shape index (κ1) is 23.6. The summed E-state index contributed by atoms with van der Waals surface area (Å²) in [6.45, 7) is 0.427. The summed E-state index contributed by atoms with van der Waals surface area (Å²) < 4.78 is 43.5. The maximum Gasteiger partial charge on any atom is 0.416 e. The molecule has 2 aromatic rings. The Balaban J connectivity index is 1.89. The van der Waals surface area contributed by atoms with Crippen LogP contribution in [-0.4, -0.2) is 50.8 Å². The normalized spacial score (nSPS) is 18.9. The Bertz CT molecular complexity index is 945. The molecule has 0 bridgehead atoms. The van der Waals surface area contributed by atoms with Crippen molar-refractivity contribution in [3.8, 4) is 0 Å². The van der Waals surface area contributed by atoms with Gasteiger partial charge in [-0.15, -0.1) is 0 Å². The summed E-state index contributed by atoms with van der Waals surface area (Å²) in [5.74, 6) is -0.755. The van der Waals surface area contributed by atoms with E-state index in [1.165, 1.54) is 38.5 Å². The third-order valence-electron chi connectivity index (χ3n) is 5.78. The molecule has 0 radical (unpaired) electrons. The highest BCUT2D eigenvalue weighted by Crippen LogP contribution is 2.36. The second kappa shape index (κ2) is 9.60. The molecule has 1 saturated heterocycles. The molecular weight excluding hydrogens is 425 g/mol. The molecule has 172 valence electrons. The lowest BCUT2D eigenvalue weighted by molar-refractivity contribution is -0.170. The molecule has 1 heterocycles. The zero-order valence-corrected chi connectivity index (χ0v) is 18.1. The number of hydroxylamine groups is 2. The Hall–Kier alpha value is -3.07. The van der Waals surface area contributed by atoms with Gasteiger partial charge in [-0.25, -0.2) is 9.86 Å². The largest absolute Gasteiger partial charge is 0.465 e. The van der Waals surface area contributed by atoms with E-state index in [0.717, 1.165) is 23.4 Å². The van der Waals surface area contributed by atoms with Crippen molar-refractivity contribution in [3.05, 3.63) is 65.2 Å². The van der Waals surface area contributed by atoms with Crippen LogP contribution in [0.4, 0.5) is 18.9 Å². The van der Waals surface area contributed by atoms with E-state index in [1.54, 1.807) is 24.3 Å². The number of carbonyl (C=O) groups is 2. The van der Waals surface area contributed by atoms with Crippen molar-refractivity contribution in [2.45, 2.75) is 31.0 Å². The molecule has 3 rings (SSSR count). The summed E-state index contributed by atoms with van der Waals surface area (Å²) >= 11 is 0. The molecule has 0 aliphatic carbocycles. The first-order valence-electron chi connectivity index (χ1n) is 10.1. The number of hydrogen-bond donors (Lipinski definition) is 0. The minimum Gasteiger partial charge on any atom is -0.465 e. The van der Waals surface area contributed by atoms with Crippen molar-refractivity contribution in [1.82, 2.24) is 5.06 Å². The van der Waals surface area contributed by atoms with Crippen molar-refractivity contribution in [1.29, 1.82) is 0 Å². The number of methoxy groups -OCH3 is 1. The van der Waals surface area contributed by atoms with Gasteiger partial charge in [0.15, 0.2) is 0 Å². The number of rotatable bonds is 5. The monoisotopic (exact) mass is 450 g/mol. The van der Waals surface area contributed by atoms with E-state index in [2.05, 4.69) is 0 Å². The summed E-state index contributed by atoms with van der Waals surface area (Å²) in [6.07, 6.45) is -3.26. The molecule has 0 aromatic heterocycles. The van der Waals surface area contributed by atoms with Crippen LogP contribution in [0.5, 0.6) is 0 Å². The summed E-state index contributed by atoms with van der Waals surface area (Å²) in [7, 11) is 4.23. The van der Waals surface area contributed by atoms with Crippen LogP contribution >= 0.6 is 0 Å². The minimum absolute atomic E-state index is 0.0607. The second-order valence-corrected chi connectivity index (χ2v) is 7.62. The molecule has 1 amide bonds. The summed E-state index contributed by atoms with van der Waals surface area (Å²) in [5, 5.41) is 1.17. The van der Waals surface area contributed by atoms with Crippen LogP contribution in [0.2, 0.25) is 0 Å². The number of alkyl halides is 3. The Morgan fingerprint density at radius 1 is 1.00 bits per heavy atom. The molecule has 2 aromatic carbocycles. The van der Waals surface area contributed by atoms with Crippen LogP contribution in [-0.2, 0) is 20.5 Å². The number of benzene rings is 2. The van der Waals surface area contributed by atoms with Crippen LogP contribution in [0.3, 0.4) is 0 Å². The number of ether oxygens (including phenoxy) is 1. The van der Waals surface area contributed by atoms with E-state index < -0.39 is 23.8 Å². The SMILES string of the molecule is COC(=O)c1ccc(N2CC(c3ccc(C(F)(F)F)cc3)CC[C@H]2C(=O)N(C)OC)cc1. The molecule has 1 aliphatic heterocycles. The quantitative estimate of drug-likeness (QED) is 0.503. The highest BCUT2D eigenvalue weighted by atomic mass is 19.4. The molecule has 1 fully saturated rings. The van der Waals surface area contributed by atoms with Gasteiger partial charge in [-0.1, -0.05) is 12.1 Å². The first-order valence-corrected chi connectivity index (χ1v) is 10.1. The van der Waals surface area contributed by atoms with Gasteiger partial charge < -0.3 is 9.64 Å². The fourth-order valence-electron chi connectivity index (χ4n) is 3.94. The van der Waals surface area contributed by atoms with Crippen molar-refractivity contribution in [2.24, 2.45) is 0 Å². The Labute approximate surface area is 184 Å². The lowest BCUT2D eigenvalue weighted by atomic mass is 9.86. The number of likely N-dealkylation sites (N-methyl/N-ethyl adjacent to an activating group) is 1. The molecule has 0 saturated carbocycles. The Kier molecular flexibility index (Phi) is 7.08. The van der Waals surface area contributed by atoms with Crippen molar-refractivity contribution in [3.63, 3.8) is 0 Å². The number of hydrogen-bond acceptors (Lipinski definition) is 5. The number of anilines is 1. The number of esters is 1. The molecule has 2 atom stereocenters. The smallest absolute Gasteiger partial charge is 0.416 e. The zero-order valence-electron chi connectivity index (χ0n) is 18.1. The van der Waals surface area contributed by atoms with E-state index in [0.29, 0.717) is 24.9 Å². The van der Waals surface area contributed by atoms with Crippen molar-refractivity contribution >= 4 is 17.6 Å². The van der Waals surface area contributed by atoms with Gasteiger partial charge in [-0.3, -0.25) is 9.63 Å². The maximum absolute atomic E-state index is 12.9.